The highest BCUT2D eigenvalue weighted by atomic mass is 79.9. The molecular weight excluding hydrogens is 280 g/mol. The van der Waals surface area contributed by atoms with Gasteiger partial charge in [-0.25, -0.2) is 4.79 Å². The number of nitrogens with zero attached hydrogens (tertiary/aromatic N) is 2. The second-order valence-electron chi connectivity index (χ2n) is 5.05. The quantitative estimate of drug-likeness (QED) is 0.740. The summed E-state index contributed by atoms with van der Waals surface area (Å²) in [4.78, 5) is 12.1. The zero-order valence-electron chi connectivity index (χ0n) is 11.2. The summed E-state index contributed by atoms with van der Waals surface area (Å²) in [7, 11) is 0. The smallest absolute Gasteiger partial charge is 0.299 e. The number of aromatic nitrogens is 2. The zero-order valence-corrected chi connectivity index (χ0v) is 12.8. The molecule has 0 spiro atoms. The molecule has 17 heavy (non-hydrogen) atoms. The van der Waals surface area contributed by atoms with Gasteiger partial charge in [0.2, 0.25) is 0 Å². The molecule has 0 fully saturated rings. The lowest BCUT2D eigenvalue weighted by molar-refractivity contribution is 0.255. The van der Waals surface area contributed by atoms with Crippen molar-refractivity contribution in [2.24, 2.45) is 5.41 Å². The van der Waals surface area contributed by atoms with E-state index in [-0.39, 0.29) is 17.1 Å². The van der Waals surface area contributed by atoms with Crippen LogP contribution in [0, 0.1) is 5.41 Å². The van der Waals surface area contributed by atoms with Gasteiger partial charge in [0, 0.05) is 30.3 Å². The fraction of sp³-hybridized carbons (Fsp3) is 0.769. The fourth-order valence-electron chi connectivity index (χ4n) is 2.01. The molecule has 98 valence electrons. The average Bonchev–Trinajstić information content (AvgIpc) is 2.68. The third-order valence-electron chi connectivity index (χ3n) is 3.72. The molecule has 1 rings (SSSR count). The van der Waals surface area contributed by atoms with Crippen LogP contribution >= 0.6 is 15.9 Å². The Morgan fingerprint density at radius 1 is 1.29 bits per heavy atom. The fourth-order valence-corrected chi connectivity index (χ4v) is 2.98. The van der Waals surface area contributed by atoms with Gasteiger partial charge in [-0.15, -0.1) is 0 Å². The largest absolute Gasteiger partial charge is 0.328 e. The Morgan fingerprint density at radius 2 is 1.88 bits per heavy atom. The van der Waals surface area contributed by atoms with E-state index in [1.165, 1.54) is 0 Å². The Balaban J connectivity index is 2.99. The van der Waals surface area contributed by atoms with Gasteiger partial charge in [0.1, 0.15) is 0 Å². The molecule has 0 atom stereocenters. The van der Waals surface area contributed by atoms with Crippen LogP contribution in [-0.2, 0) is 6.54 Å². The predicted molar refractivity (Wildman–Crippen MR) is 75.9 cm³/mol. The molecule has 0 bridgehead atoms. The lowest BCUT2D eigenvalue weighted by Crippen LogP contribution is -2.34. The van der Waals surface area contributed by atoms with Crippen molar-refractivity contribution in [2.75, 3.05) is 5.33 Å². The number of hydrogen-bond acceptors (Lipinski definition) is 1. The highest BCUT2D eigenvalue weighted by Crippen LogP contribution is 2.30. The van der Waals surface area contributed by atoms with E-state index in [2.05, 4.69) is 29.8 Å². The summed E-state index contributed by atoms with van der Waals surface area (Å²) in [6.07, 6.45) is 5.95. The molecule has 0 aliphatic rings. The van der Waals surface area contributed by atoms with Crippen LogP contribution < -0.4 is 5.69 Å². The van der Waals surface area contributed by atoms with Crippen molar-refractivity contribution in [1.29, 1.82) is 0 Å². The molecular formula is C13H23BrN2O. The molecule has 4 heteroatoms. The van der Waals surface area contributed by atoms with Crippen LogP contribution in [0.25, 0.3) is 0 Å². The molecule has 0 aliphatic heterocycles. The number of imidazole rings is 1. The van der Waals surface area contributed by atoms with Gasteiger partial charge in [0.05, 0.1) is 0 Å². The van der Waals surface area contributed by atoms with Crippen LogP contribution in [0.5, 0.6) is 0 Å². The Labute approximate surface area is 112 Å². The zero-order chi connectivity index (χ0) is 13.1. The van der Waals surface area contributed by atoms with Crippen molar-refractivity contribution in [3.8, 4) is 0 Å². The maximum Gasteiger partial charge on any atom is 0.328 e. The lowest BCUT2D eigenvalue weighted by atomic mass is 9.84. The minimum Gasteiger partial charge on any atom is -0.299 e. The second-order valence-corrected chi connectivity index (χ2v) is 5.61. The van der Waals surface area contributed by atoms with Gasteiger partial charge in [-0.1, -0.05) is 29.8 Å². The number of hydrogen-bond donors (Lipinski definition) is 0. The van der Waals surface area contributed by atoms with Crippen molar-refractivity contribution in [3.05, 3.63) is 22.9 Å². The Morgan fingerprint density at radius 3 is 2.24 bits per heavy atom. The van der Waals surface area contributed by atoms with Crippen LogP contribution in [0.15, 0.2) is 17.2 Å². The molecule has 1 heterocycles. The number of halogens is 1. The van der Waals surface area contributed by atoms with Gasteiger partial charge in [-0.3, -0.25) is 9.13 Å². The van der Waals surface area contributed by atoms with Crippen molar-refractivity contribution < 1.29 is 0 Å². The molecule has 0 amide bonds. The highest BCUT2D eigenvalue weighted by molar-refractivity contribution is 9.09. The van der Waals surface area contributed by atoms with E-state index < -0.39 is 0 Å². The van der Waals surface area contributed by atoms with Gasteiger partial charge < -0.3 is 0 Å². The summed E-state index contributed by atoms with van der Waals surface area (Å²) in [5.74, 6) is 0. The van der Waals surface area contributed by atoms with E-state index in [0.29, 0.717) is 0 Å². The first-order valence-electron chi connectivity index (χ1n) is 6.33. The van der Waals surface area contributed by atoms with E-state index in [1.807, 2.05) is 30.8 Å². The van der Waals surface area contributed by atoms with E-state index in [1.54, 1.807) is 4.57 Å². The summed E-state index contributed by atoms with van der Waals surface area (Å²) < 4.78 is 3.62. The molecule has 0 unspecified atom stereocenters. The van der Waals surface area contributed by atoms with E-state index >= 15 is 0 Å². The monoisotopic (exact) mass is 302 g/mol. The summed E-state index contributed by atoms with van der Waals surface area (Å²) in [5.41, 5.74) is 0.291. The van der Waals surface area contributed by atoms with Gasteiger partial charge >= 0.3 is 5.69 Å². The van der Waals surface area contributed by atoms with Crippen LogP contribution in [0.4, 0.5) is 0 Å². The van der Waals surface area contributed by atoms with Crippen LogP contribution in [-0.4, -0.2) is 14.5 Å². The lowest BCUT2D eigenvalue weighted by Gasteiger charge is -2.29. The Bertz CT molecular complexity index is 394. The maximum atomic E-state index is 12.1. The maximum absolute atomic E-state index is 12.1. The number of alkyl halides is 1. The van der Waals surface area contributed by atoms with Crippen LogP contribution in [0.3, 0.4) is 0 Å². The predicted octanol–water partition coefficient (Wildman–Crippen LogP) is 3.43. The molecule has 0 saturated carbocycles. The topological polar surface area (TPSA) is 26.9 Å². The highest BCUT2D eigenvalue weighted by Gasteiger charge is 2.26. The van der Waals surface area contributed by atoms with E-state index in [4.69, 9.17) is 0 Å². The van der Waals surface area contributed by atoms with Crippen molar-refractivity contribution in [3.63, 3.8) is 0 Å². The molecule has 0 aliphatic carbocycles. The molecule has 0 radical (unpaired) electrons. The summed E-state index contributed by atoms with van der Waals surface area (Å²) in [6.45, 7) is 9.24. The van der Waals surface area contributed by atoms with Crippen molar-refractivity contribution in [1.82, 2.24) is 9.13 Å². The van der Waals surface area contributed by atoms with Crippen molar-refractivity contribution >= 4 is 15.9 Å². The molecule has 0 N–H and O–H groups in total. The first kappa shape index (κ1) is 14.6. The Kier molecular flexibility index (Phi) is 5.04. The summed E-state index contributed by atoms with van der Waals surface area (Å²) >= 11 is 3.59. The molecule has 0 aromatic carbocycles. The molecule has 0 saturated heterocycles. The minimum atomic E-state index is 0.104. The average molecular weight is 303 g/mol. The van der Waals surface area contributed by atoms with Crippen molar-refractivity contribution in [2.45, 2.75) is 53.1 Å². The standard InChI is InChI=1S/C13H23BrN2O/c1-5-13(6-2,9-14)10-15-7-8-16(11(3)4)12(15)17/h7-8,11H,5-6,9-10H2,1-4H3. The van der Waals surface area contributed by atoms with Crippen LogP contribution in [0.1, 0.15) is 46.6 Å². The summed E-state index contributed by atoms with van der Waals surface area (Å²) in [5, 5.41) is 0.937. The summed E-state index contributed by atoms with van der Waals surface area (Å²) in [6, 6.07) is 0.227. The van der Waals surface area contributed by atoms with Gasteiger partial charge in [0.25, 0.3) is 0 Å². The Hall–Kier alpha value is -0.510. The SMILES string of the molecule is CCC(CC)(CBr)Cn1ccn(C(C)C)c1=O. The van der Waals surface area contributed by atoms with Crippen LogP contribution in [0.2, 0.25) is 0 Å². The van der Waals surface area contributed by atoms with Gasteiger partial charge in [-0.05, 0) is 32.1 Å². The third-order valence-corrected chi connectivity index (χ3v) is 4.91. The first-order chi connectivity index (χ1) is 7.99. The molecule has 1 aromatic heterocycles. The first-order valence-corrected chi connectivity index (χ1v) is 7.45. The molecule has 3 nitrogen and oxygen atoms in total. The minimum absolute atomic E-state index is 0.104. The molecule has 1 aromatic rings. The second kappa shape index (κ2) is 5.89. The van der Waals surface area contributed by atoms with Gasteiger partial charge in [0.15, 0.2) is 0 Å². The third kappa shape index (κ3) is 3.03. The van der Waals surface area contributed by atoms with E-state index in [9.17, 15) is 4.79 Å². The number of rotatable bonds is 6. The van der Waals surface area contributed by atoms with E-state index in [0.717, 1.165) is 24.7 Å². The normalized spacial score (nSPS) is 12.4. The van der Waals surface area contributed by atoms with Gasteiger partial charge in [-0.2, -0.15) is 0 Å².